The van der Waals surface area contributed by atoms with Gasteiger partial charge in [-0.1, -0.05) is 13.0 Å². The topological polar surface area (TPSA) is 57.6 Å². The lowest BCUT2D eigenvalue weighted by molar-refractivity contribution is -0.146. The van der Waals surface area contributed by atoms with Gasteiger partial charge in [0, 0.05) is 19.0 Å². The first kappa shape index (κ1) is 16.9. The first-order chi connectivity index (χ1) is 10.4. The van der Waals surface area contributed by atoms with Gasteiger partial charge in [0.15, 0.2) is 0 Å². The minimum atomic E-state index is -0.781. The second-order valence-corrected chi connectivity index (χ2v) is 6.65. The van der Waals surface area contributed by atoms with Crippen LogP contribution in [0, 0.1) is 17.7 Å². The molecule has 1 fully saturated rings. The highest BCUT2D eigenvalue weighted by Gasteiger charge is 2.29. The van der Waals surface area contributed by atoms with Gasteiger partial charge < -0.3 is 10.0 Å². The van der Waals surface area contributed by atoms with Gasteiger partial charge in [0.05, 0.1) is 10.4 Å². The number of carbonyl (C=O) groups is 2. The first-order valence-electron chi connectivity index (χ1n) is 7.34. The molecule has 6 heteroatoms. The number of halogens is 2. The van der Waals surface area contributed by atoms with Crippen LogP contribution in [0.15, 0.2) is 22.7 Å². The number of carboxylic acid groups (broad SMARTS) is 1. The first-order valence-corrected chi connectivity index (χ1v) is 8.13. The summed E-state index contributed by atoms with van der Waals surface area (Å²) in [5.74, 6) is -1.62. The predicted molar refractivity (Wildman–Crippen MR) is 83.9 cm³/mol. The van der Waals surface area contributed by atoms with Crippen LogP contribution in [0.5, 0.6) is 0 Å². The number of carbonyl (C=O) groups excluding carboxylic acids is 1. The molecule has 0 saturated carbocycles. The van der Waals surface area contributed by atoms with Gasteiger partial charge in [-0.2, -0.15) is 0 Å². The third kappa shape index (κ3) is 4.06. The van der Waals surface area contributed by atoms with Crippen molar-refractivity contribution >= 4 is 27.8 Å². The van der Waals surface area contributed by atoms with Gasteiger partial charge in [0.2, 0.25) is 5.91 Å². The summed E-state index contributed by atoms with van der Waals surface area (Å²) in [5.41, 5.74) is 0.898. The number of hydrogen-bond acceptors (Lipinski definition) is 2. The largest absolute Gasteiger partial charge is 0.481 e. The minimum Gasteiger partial charge on any atom is -0.481 e. The Morgan fingerprint density at radius 3 is 2.59 bits per heavy atom. The summed E-state index contributed by atoms with van der Waals surface area (Å²) in [7, 11) is 0. The highest BCUT2D eigenvalue weighted by Crippen LogP contribution is 2.22. The van der Waals surface area contributed by atoms with Crippen molar-refractivity contribution in [2.75, 3.05) is 13.1 Å². The summed E-state index contributed by atoms with van der Waals surface area (Å²) >= 11 is 3.14. The Morgan fingerprint density at radius 1 is 1.41 bits per heavy atom. The molecule has 1 amide bonds. The normalized spacial score (nSPS) is 17.3. The number of carboxylic acids is 1. The van der Waals surface area contributed by atoms with Gasteiger partial charge in [0.25, 0.3) is 0 Å². The average molecular weight is 372 g/mol. The van der Waals surface area contributed by atoms with Crippen molar-refractivity contribution in [3.8, 4) is 0 Å². The van der Waals surface area contributed by atoms with E-state index in [0.29, 0.717) is 36.8 Å². The Hall–Kier alpha value is -1.43. The maximum Gasteiger partial charge on any atom is 0.306 e. The van der Waals surface area contributed by atoms with Gasteiger partial charge in [-0.25, -0.2) is 4.39 Å². The van der Waals surface area contributed by atoms with Gasteiger partial charge in [-0.15, -0.1) is 0 Å². The van der Waals surface area contributed by atoms with Crippen molar-refractivity contribution in [3.05, 3.63) is 34.1 Å². The van der Waals surface area contributed by atoms with E-state index < -0.39 is 5.97 Å². The van der Waals surface area contributed by atoms with Crippen molar-refractivity contribution < 1.29 is 19.1 Å². The zero-order chi connectivity index (χ0) is 16.3. The molecule has 1 N–H and O–H groups in total. The van der Waals surface area contributed by atoms with E-state index in [1.54, 1.807) is 17.0 Å². The van der Waals surface area contributed by atoms with E-state index in [1.165, 1.54) is 6.07 Å². The van der Waals surface area contributed by atoms with Crippen LogP contribution in [0.25, 0.3) is 0 Å². The summed E-state index contributed by atoms with van der Waals surface area (Å²) in [6, 6.07) is 4.76. The quantitative estimate of drug-likeness (QED) is 0.884. The molecule has 0 aliphatic carbocycles. The van der Waals surface area contributed by atoms with Crippen molar-refractivity contribution in [3.63, 3.8) is 0 Å². The fraction of sp³-hybridized carbons (Fsp3) is 0.500. The van der Waals surface area contributed by atoms with Crippen molar-refractivity contribution in [2.24, 2.45) is 11.8 Å². The van der Waals surface area contributed by atoms with E-state index in [4.69, 9.17) is 5.11 Å². The van der Waals surface area contributed by atoms with E-state index in [1.807, 2.05) is 6.92 Å². The number of nitrogens with zero attached hydrogens (tertiary/aromatic N) is 1. The summed E-state index contributed by atoms with van der Waals surface area (Å²) in [6.07, 6.45) is 1.56. The van der Waals surface area contributed by atoms with Gasteiger partial charge in [-0.05, 0) is 52.9 Å². The second-order valence-electron chi connectivity index (χ2n) is 5.79. The molecule has 1 unspecified atom stereocenters. The molecule has 0 bridgehead atoms. The monoisotopic (exact) mass is 371 g/mol. The van der Waals surface area contributed by atoms with Crippen molar-refractivity contribution in [2.45, 2.75) is 26.2 Å². The predicted octanol–water partition coefficient (Wildman–Crippen LogP) is 3.09. The van der Waals surface area contributed by atoms with E-state index in [2.05, 4.69) is 15.9 Å². The molecule has 1 aromatic rings. The molecule has 0 spiro atoms. The molecule has 0 aromatic heterocycles. The van der Waals surface area contributed by atoms with Crippen LogP contribution >= 0.6 is 15.9 Å². The second kappa shape index (κ2) is 7.22. The lowest BCUT2D eigenvalue weighted by Crippen LogP contribution is -2.43. The van der Waals surface area contributed by atoms with Crippen molar-refractivity contribution in [1.29, 1.82) is 0 Å². The molecular formula is C16H19BrFNO3. The van der Waals surface area contributed by atoms with E-state index in [9.17, 15) is 14.0 Å². The zero-order valence-electron chi connectivity index (χ0n) is 12.4. The fourth-order valence-corrected chi connectivity index (χ4v) is 3.19. The summed E-state index contributed by atoms with van der Waals surface area (Å²) in [6.45, 7) is 2.84. The lowest BCUT2D eigenvalue weighted by atomic mass is 9.94. The molecular weight excluding hydrogens is 353 g/mol. The Morgan fingerprint density at radius 2 is 2.05 bits per heavy atom. The number of hydrogen-bond donors (Lipinski definition) is 1. The van der Waals surface area contributed by atoms with Crippen molar-refractivity contribution in [1.82, 2.24) is 4.90 Å². The molecule has 22 heavy (non-hydrogen) atoms. The van der Waals surface area contributed by atoms with Crippen LogP contribution in [0.4, 0.5) is 4.39 Å². The zero-order valence-corrected chi connectivity index (χ0v) is 14.0. The van der Waals surface area contributed by atoms with Crippen LogP contribution < -0.4 is 0 Å². The van der Waals surface area contributed by atoms with Gasteiger partial charge in [0.1, 0.15) is 5.82 Å². The number of likely N-dealkylation sites (tertiary alicyclic amines) is 1. The fourth-order valence-electron chi connectivity index (χ4n) is 2.77. The Kier molecular flexibility index (Phi) is 5.56. The smallest absolute Gasteiger partial charge is 0.306 e. The molecule has 120 valence electrons. The molecule has 0 radical (unpaired) electrons. The third-order valence-corrected chi connectivity index (χ3v) is 4.71. The Balaban J connectivity index is 1.92. The molecule has 1 saturated heterocycles. The lowest BCUT2D eigenvalue weighted by Gasteiger charge is -2.32. The summed E-state index contributed by atoms with van der Waals surface area (Å²) in [4.78, 5) is 25.1. The maximum atomic E-state index is 13.2. The van der Waals surface area contributed by atoms with E-state index in [-0.39, 0.29) is 23.6 Å². The average Bonchev–Trinajstić information content (AvgIpc) is 2.50. The summed E-state index contributed by atoms with van der Waals surface area (Å²) in [5, 5.41) is 8.98. The van der Waals surface area contributed by atoms with Gasteiger partial charge >= 0.3 is 5.97 Å². The van der Waals surface area contributed by atoms with Crippen LogP contribution in [-0.4, -0.2) is 35.0 Å². The highest BCUT2D eigenvalue weighted by atomic mass is 79.9. The van der Waals surface area contributed by atoms with Crippen LogP contribution in [0.3, 0.4) is 0 Å². The molecule has 1 heterocycles. The molecule has 1 atom stereocenters. The molecule has 2 rings (SSSR count). The van der Waals surface area contributed by atoms with Crippen LogP contribution in [0.1, 0.15) is 25.3 Å². The van der Waals surface area contributed by atoms with Crippen LogP contribution in [0.2, 0.25) is 0 Å². The van der Waals surface area contributed by atoms with Crippen LogP contribution in [-0.2, 0) is 16.0 Å². The third-order valence-electron chi connectivity index (χ3n) is 4.10. The molecule has 1 aliphatic rings. The number of rotatable bonds is 4. The summed E-state index contributed by atoms with van der Waals surface area (Å²) < 4.78 is 13.6. The minimum absolute atomic E-state index is 0.0317. The number of aliphatic carboxylic acids is 1. The number of benzene rings is 1. The number of piperidine rings is 1. The Bertz CT molecular complexity index is 571. The molecule has 4 nitrogen and oxygen atoms in total. The maximum absolute atomic E-state index is 13.2. The Labute approximate surface area is 137 Å². The molecule has 1 aliphatic heterocycles. The SMILES string of the molecule is CC(Cc1ccc(F)c(Br)c1)C(=O)N1CCC(C(=O)O)CC1. The van der Waals surface area contributed by atoms with E-state index >= 15 is 0 Å². The number of amides is 1. The highest BCUT2D eigenvalue weighted by molar-refractivity contribution is 9.10. The van der Waals surface area contributed by atoms with E-state index in [0.717, 1.165) is 5.56 Å². The van der Waals surface area contributed by atoms with Gasteiger partial charge in [-0.3, -0.25) is 9.59 Å². The standard InChI is InChI=1S/C16H19BrFNO3/c1-10(8-11-2-3-14(18)13(17)9-11)15(20)19-6-4-12(5-7-19)16(21)22/h2-3,9-10,12H,4-8H2,1H3,(H,21,22). The molecule has 1 aromatic carbocycles.